The lowest BCUT2D eigenvalue weighted by atomic mass is 9.90. The van der Waals surface area contributed by atoms with Crippen LogP contribution in [0.25, 0.3) is 0 Å². The summed E-state index contributed by atoms with van der Waals surface area (Å²) in [5.41, 5.74) is 0. The summed E-state index contributed by atoms with van der Waals surface area (Å²) in [5, 5.41) is 0. The van der Waals surface area contributed by atoms with Crippen LogP contribution in [0.15, 0.2) is 24.8 Å². The fraction of sp³-hybridized carbons (Fsp3) is 0.714. The predicted octanol–water partition coefficient (Wildman–Crippen LogP) is 4.97. The van der Waals surface area contributed by atoms with Gasteiger partial charge in [0, 0.05) is 0 Å². The van der Waals surface area contributed by atoms with Crippen LogP contribution in [0.2, 0.25) is 0 Å². The zero-order chi connectivity index (χ0) is 10.8. The minimum absolute atomic E-state index is 0.589. The van der Waals surface area contributed by atoms with E-state index in [1.165, 1.54) is 32.1 Å². The minimum atomic E-state index is 0.589. The SMILES string of the molecule is C=CC(C=CCCC)CC(CC)CC. The van der Waals surface area contributed by atoms with E-state index in [1.54, 1.807) is 0 Å². The van der Waals surface area contributed by atoms with Crippen molar-refractivity contribution in [2.24, 2.45) is 11.8 Å². The van der Waals surface area contributed by atoms with Gasteiger partial charge in [0.25, 0.3) is 0 Å². The normalized spacial score (nSPS) is 13.7. The van der Waals surface area contributed by atoms with Crippen molar-refractivity contribution >= 4 is 0 Å². The molecule has 0 amide bonds. The first kappa shape index (κ1) is 13.5. The lowest BCUT2D eigenvalue weighted by Crippen LogP contribution is -2.03. The average molecular weight is 194 g/mol. The molecule has 0 aromatic carbocycles. The Hall–Kier alpha value is -0.520. The number of allylic oxidation sites excluding steroid dienone is 3. The van der Waals surface area contributed by atoms with Crippen LogP contribution in [0.5, 0.6) is 0 Å². The maximum Gasteiger partial charge on any atom is -0.00536 e. The Morgan fingerprint density at radius 2 is 1.79 bits per heavy atom. The predicted molar refractivity (Wildman–Crippen MR) is 66.4 cm³/mol. The van der Waals surface area contributed by atoms with Gasteiger partial charge in [-0.05, 0) is 24.7 Å². The maximum atomic E-state index is 3.91. The second-order valence-electron chi connectivity index (χ2n) is 4.03. The summed E-state index contributed by atoms with van der Waals surface area (Å²) in [6.45, 7) is 10.7. The molecule has 14 heavy (non-hydrogen) atoms. The van der Waals surface area contributed by atoms with Gasteiger partial charge in [-0.1, -0.05) is 58.3 Å². The van der Waals surface area contributed by atoms with Gasteiger partial charge in [0.1, 0.15) is 0 Å². The van der Waals surface area contributed by atoms with E-state index >= 15 is 0 Å². The van der Waals surface area contributed by atoms with Crippen molar-refractivity contribution in [3.63, 3.8) is 0 Å². The van der Waals surface area contributed by atoms with Crippen LogP contribution in [-0.4, -0.2) is 0 Å². The van der Waals surface area contributed by atoms with Crippen molar-refractivity contribution in [1.82, 2.24) is 0 Å². The van der Waals surface area contributed by atoms with E-state index in [4.69, 9.17) is 0 Å². The van der Waals surface area contributed by atoms with Gasteiger partial charge in [0.2, 0.25) is 0 Å². The molecule has 0 nitrogen and oxygen atoms in total. The van der Waals surface area contributed by atoms with Crippen molar-refractivity contribution in [2.75, 3.05) is 0 Å². The van der Waals surface area contributed by atoms with Gasteiger partial charge < -0.3 is 0 Å². The standard InChI is InChI=1S/C14H26/c1-5-9-10-11-14(8-4)12-13(6-2)7-3/h8,10-11,13-14H,4-7,9,12H2,1-3H3. The third kappa shape index (κ3) is 6.01. The molecule has 0 aliphatic heterocycles. The molecule has 0 aromatic heterocycles. The third-order valence-corrected chi connectivity index (χ3v) is 2.90. The molecule has 0 spiro atoms. The van der Waals surface area contributed by atoms with Crippen LogP contribution < -0.4 is 0 Å². The molecule has 0 radical (unpaired) electrons. The quantitative estimate of drug-likeness (QED) is 0.478. The largest absolute Gasteiger partial charge is 0.102 e. The van der Waals surface area contributed by atoms with Gasteiger partial charge in [0.15, 0.2) is 0 Å². The molecule has 1 unspecified atom stereocenters. The molecular formula is C14H26. The maximum absolute atomic E-state index is 3.91. The molecule has 0 fully saturated rings. The molecular weight excluding hydrogens is 168 g/mol. The molecule has 0 bridgehead atoms. The van der Waals surface area contributed by atoms with Gasteiger partial charge in [0.05, 0.1) is 0 Å². The highest BCUT2D eigenvalue weighted by Gasteiger charge is 2.07. The van der Waals surface area contributed by atoms with Crippen molar-refractivity contribution in [3.8, 4) is 0 Å². The Balaban J connectivity index is 3.94. The van der Waals surface area contributed by atoms with Crippen molar-refractivity contribution in [3.05, 3.63) is 24.8 Å². The molecule has 0 heterocycles. The first-order valence-corrected chi connectivity index (χ1v) is 6.07. The van der Waals surface area contributed by atoms with Gasteiger partial charge in [-0.15, -0.1) is 6.58 Å². The first-order chi connectivity index (χ1) is 6.78. The zero-order valence-corrected chi connectivity index (χ0v) is 10.1. The van der Waals surface area contributed by atoms with E-state index in [9.17, 15) is 0 Å². The highest BCUT2D eigenvalue weighted by molar-refractivity contribution is 4.97. The van der Waals surface area contributed by atoms with E-state index in [1.807, 2.05) is 0 Å². The lowest BCUT2D eigenvalue weighted by Gasteiger charge is -2.15. The van der Waals surface area contributed by atoms with Crippen LogP contribution in [0, 0.1) is 11.8 Å². The molecule has 0 aromatic rings. The second-order valence-corrected chi connectivity index (χ2v) is 4.03. The van der Waals surface area contributed by atoms with Crippen LogP contribution in [-0.2, 0) is 0 Å². The van der Waals surface area contributed by atoms with E-state index in [0.29, 0.717) is 5.92 Å². The Bertz CT molecular complexity index is 151. The first-order valence-electron chi connectivity index (χ1n) is 6.07. The topological polar surface area (TPSA) is 0 Å². The minimum Gasteiger partial charge on any atom is -0.102 e. The average Bonchev–Trinajstić information content (AvgIpc) is 2.23. The van der Waals surface area contributed by atoms with Crippen LogP contribution in [0.1, 0.15) is 52.9 Å². The smallest absolute Gasteiger partial charge is 0.00536 e. The van der Waals surface area contributed by atoms with Crippen LogP contribution >= 0.6 is 0 Å². The monoisotopic (exact) mass is 194 g/mol. The van der Waals surface area contributed by atoms with Gasteiger partial charge in [-0.25, -0.2) is 0 Å². The summed E-state index contributed by atoms with van der Waals surface area (Å²) in [4.78, 5) is 0. The fourth-order valence-electron chi connectivity index (χ4n) is 1.70. The van der Waals surface area contributed by atoms with Crippen LogP contribution in [0.3, 0.4) is 0 Å². The molecule has 0 aliphatic carbocycles. The Kier molecular flexibility index (Phi) is 8.72. The summed E-state index contributed by atoms with van der Waals surface area (Å²) in [5.74, 6) is 1.45. The lowest BCUT2D eigenvalue weighted by molar-refractivity contribution is 0.425. The van der Waals surface area contributed by atoms with Gasteiger partial charge >= 0.3 is 0 Å². The molecule has 0 saturated heterocycles. The summed E-state index contributed by atoms with van der Waals surface area (Å²) < 4.78 is 0. The summed E-state index contributed by atoms with van der Waals surface area (Å²) >= 11 is 0. The summed E-state index contributed by atoms with van der Waals surface area (Å²) in [6.07, 6.45) is 13.0. The van der Waals surface area contributed by atoms with Crippen molar-refractivity contribution in [1.29, 1.82) is 0 Å². The van der Waals surface area contributed by atoms with Crippen LogP contribution in [0.4, 0.5) is 0 Å². The summed E-state index contributed by atoms with van der Waals surface area (Å²) in [7, 11) is 0. The number of hydrogen-bond donors (Lipinski definition) is 0. The van der Waals surface area contributed by atoms with Crippen molar-refractivity contribution in [2.45, 2.75) is 52.9 Å². The fourth-order valence-corrected chi connectivity index (χ4v) is 1.70. The second kappa shape index (κ2) is 9.05. The van der Waals surface area contributed by atoms with E-state index < -0.39 is 0 Å². The molecule has 0 aliphatic rings. The number of hydrogen-bond acceptors (Lipinski definition) is 0. The molecule has 0 saturated carbocycles. The Labute approximate surface area is 90.1 Å². The highest BCUT2D eigenvalue weighted by Crippen LogP contribution is 2.20. The number of rotatable bonds is 8. The molecule has 1 atom stereocenters. The van der Waals surface area contributed by atoms with Crippen molar-refractivity contribution < 1.29 is 0 Å². The van der Waals surface area contributed by atoms with E-state index in [2.05, 4.69) is 45.6 Å². The molecule has 0 heteroatoms. The third-order valence-electron chi connectivity index (χ3n) is 2.90. The van der Waals surface area contributed by atoms with Gasteiger partial charge in [-0.2, -0.15) is 0 Å². The molecule has 82 valence electrons. The molecule has 0 rings (SSSR count). The van der Waals surface area contributed by atoms with E-state index in [-0.39, 0.29) is 0 Å². The molecule has 0 N–H and O–H groups in total. The van der Waals surface area contributed by atoms with Gasteiger partial charge in [-0.3, -0.25) is 0 Å². The number of unbranched alkanes of at least 4 members (excludes halogenated alkanes) is 1. The van der Waals surface area contributed by atoms with E-state index in [0.717, 1.165) is 5.92 Å². The zero-order valence-electron chi connectivity index (χ0n) is 10.1. The Morgan fingerprint density at radius 3 is 2.21 bits per heavy atom. The Morgan fingerprint density at radius 1 is 1.14 bits per heavy atom. The summed E-state index contributed by atoms with van der Waals surface area (Å²) in [6, 6.07) is 0. The highest BCUT2D eigenvalue weighted by atomic mass is 14.1.